The molecule has 1 atom stereocenters. The molecule has 1 amide bonds. The zero-order valence-corrected chi connectivity index (χ0v) is 19.2. The van der Waals surface area contributed by atoms with Crippen LogP contribution in [0.4, 0.5) is 4.79 Å². The van der Waals surface area contributed by atoms with E-state index in [0.717, 1.165) is 37.2 Å². The maximum Gasteiger partial charge on any atom is 0.413 e. The first kappa shape index (κ1) is 23.0. The van der Waals surface area contributed by atoms with Crippen LogP contribution in [0.15, 0.2) is 54.6 Å². The van der Waals surface area contributed by atoms with Crippen LogP contribution in [0.1, 0.15) is 58.9 Å². The summed E-state index contributed by atoms with van der Waals surface area (Å²) in [5, 5.41) is 0. The molecular weight excluding hydrogens is 390 g/mol. The molecule has 3 rings (SSSR count). The van der Waals surface area contributed by atoms with Crippen molar-refractivity contribution in [3.8, 4) is 11.5 Å². The van der Waals surface area contributed by atoms with Gasteiger partial charge < -0.3 is 14.2 Å². The highest BCUT2D eigenvalue weighted by Gasteiger charge is 2.47. The second-order valence-electron chi connectivity index (χ2n) is 9.01. The molecule has 5 heteroatoms. The first-order valence-corrected chi connectivity index (χ1v) is 11.3. The summed E-state index contributed by atoms with van der Waals surface area (Å²) in [5.41, 5.74) is -0.0726. The molecule has 2 aromatic carbocycles. The molecule has 0 unspecified atom stereocenters. The number of para-hydroxylation sites is 2. The third-order valence-corrected chi connectivity index (χ3v) is 5.43. The maximum absolute atomic E-state index is 13.0. The van der Waals surface area contributed by atoms with Crippen LogP contribution in [-0.4, -0.2) is 35.5 Å². The van der Waals surface area contributed by atoms with Crippen molar-refractivity contribution in [1.82, 2.24) is 4.90 Å². The fraction of sp³-hybridized carbons (Fsp3) is 0.500. The fourth-order valence-corrected chi connectivity index (χ4v) is 4.02. The van der Waals surface area contributed by atoms with E-state index in [-0.39, 0.29) is 6.09 Å². The summed E-state index contributed by atoms with van der Waals surface area (Å²) < 4.78 is 18.2. The zero-order valence-electron chi connectivity index (χ0n) is 19.2. The molecule has 0 aliphatic carbocycles. The standard InChI is InChI=1S/C26H35NO4/c1-5-21-13-9-10-16-23(21)29-20-12-18-26(30-22-14-7-6-8-15-22)17-11-19-27(26)24(28)31-25(2,3)4/h6-10,13-16H,5,11-12,17-20H2,1-4H3/t26-/m0/s1. The van der Waals surface area contributed by atoms with Crippen LogP contribution in [-0.2, 0) is 11.2 Å². The van der Waals surface area contributed by atoms with Crippen molar-refractivity contribution in [3.63, 3.8) is 0 Å². The topological polar surface area (TPSA) is 48.0 Å². The number of aryl methyl sites for hydroxylation is 1. The van der Waals surface area contributed by atoms with Crippen LogP contribution in [0.25, 0.3) is 0 Å². The van der Waals surface area contributed by atoms with Gasteiger partial charge in [-0.1, -0.05) is 43.3 Å². The van der Waals surface area contributed by atoms with Gasteiger partial charge in [0.1, 0.15) is 17.1 Å². The van der Waals surface area contributed by atoms with E-state index in [1.165, 1.54) is 5.56 Å². The van der Waals surface area contributed by atoms with Gasteiger partial charge >= 0.3 is 6.09 Å². The van der Waals surface area contributed by atoms with Crippen molar-refractivity contribution in [2.24, 2.45) is 0 Å². The van der Waals surface area contributed by atoms with E-state index in [1.54, 1.807) is 4.90 Å². The Hall–Kier alpha value is -2.69. The molecule has 0 saturated carbocycles. The summed E-state index contributed by atoms with van der Waals surface area (Å²) in [4.78, 5) is 14.8. The molecule has 0 aromatic heterocycles. The summed E-state index contributed by atoms with van der Waals surface area (Å²) in [6.45, 7) is 8.99. The van der Waals surface area contributed by atoms with Crippen LogP contribution < -0.4 is 9.47 Å². The van der Waals surface area contributed by atoms with E-state index in [4.69, 9.17) is 14.2 Å². The lowest BCUT2D eigenvalue weighted by atomic mass is 10.0. The van der Waals surface area contributed by atoms with Crippen LogP contribution >= 0.6 is 0 Å². The van der Waals surface area contributed by atoms with Crippen molar-refractivity contribution in [1.29, 1.82) is 0 Å². The number of hydrogen-bond donors (Lipinski definition) is 0. The molecule has 1 saturated heterocycles. The van der Waals surface area contributed by atoms with Crippen molar-refractivity contribution in [2.75, 3.05) is 13.2 Å². The maximum atomic E-state index is 13.0. The highest BCUT2D eigenvalue weighted by atomic mass is 16.6. The number of benzene rings is 2. The average molecular weight is 426 g/mol. The van der Waals surface area contributed by atoms with Crippen molar-refractivity contribution in [3.05, 3.63) is 60.2 Å². The van der Waals surface area contributed by atoms with E-state index < -0.39 is 11.3 Å². The fourth-order valence-electron chi connectivity index (χ4n) is 4.02. The molecule has 168 valence electrons. The second kappa shape index (κ2) is 10.1. The molecule has 0 spiro atoms. The first-order valence-electron chi connectivity index (χ1n) is 11.3. The first-order chi connectivity index (χ1) is 14.8. The van der Waals surface area contributed by atoms with Gasteiger partial charge in [-0.2, -0.15) is 0 Å². The van der Waals surface area contributed by atoms with E-state index >= 15 is 0 Å². The number of likely N-dealkylation sites (tertiary alicyclic amines) is 1. The van der Waals surface area contributed by atoms with E-state index in [0.29, 0.717) is 19.6 Å². The molecule has 0 radical (unpaired) electrons. The Balaban J connectivity index is 1.72. The summed E-state index contributed by atoms with van der Waals surface area (Å²) in [5.74, 6) is 1.69. The van der Waals surface area contributed by atoms with Gasteiger partial charge in [-0.25, -0.2) is 4.79 Å². The highest BCUT2D eigenvalue weighted by Crippen LogP contribution is 2.37. The van der Waals surface area contributed by atoms with Gasteiger partial charge in [0.15, 0.2) is 5.72 Å². The minimum absolute atomic E-state index is 0.321. The molecule has 0 N–H and O–H groups in total. The van der Waals surface area contributed by atoms with Crippen LogP contribution in [0.5, 0.6) is 11.5 Å². The van der Waals surface area contributed by atoms with Gasteiger partial charge in [0.2, 0.25) is 0 Å². The van der Waals surface area contributed by atoms with Gasteiger partial charge in [0.05, 0.1) is 6.61 Å². The molecule has 1 heterocycles. The zero-order chi connectivity index (χ0) is 22.3. The van der Waals surface area contributed by atoms with Gasteiger partial charge in [0, 0.05) is 19.4 Å². The minimum atomic E-state index is -0.725. The number of hydrogen-bond acceptors (Lipinski definition) is 4. The second-order valence-corrected chi connectivity index (χ2v) is 9.01. The number of ether oxygens (including phenoxy) is 3. The predicted molar refractivity (Wildman–Crippen MR) is 123 cm³/mol. The Morgan fingerprint density at radius 2 is 1.77 bits per heavy atom. The molecule has 1 aliphatic rings. The smallest absolute Gasteiger partial charge is 0.413 e. The number of carbonyl (C=O) groups excluding carboxylic acids is 1. The molecule has 5 nitrogen and oxygen atoms in total. The molecule has 2 aromatic rings. The molecular formula is C26H35NO4. The molecule has 1 aliphatic heterocycles. The Morgan fingerprint density at radius 1 is 1.06 bits per heavy atom. The highest BCUT2D eigenvalue weighted by molar-refractivity contribution is 5.69. The van der Waals surface area contributed by atoms with Crippen molar-refractivity contribution in [2.45, 2.75) is 71.1 Å². The summed E-state index contributed by atoms with van der Waals surface area (Å²) >= 11 is 0. The summed E-state index contributed by atoms with van der Waals surface area (Å²) in [7, 11) is 0. The summed E-state index contributed by atoms with van der Waals surface area (Å²) in [6.07, 6.45) is 3.71. The van der Waals surface area contributed by atoms with Crippen molar-refractivity contribution < 1.29 is 19.0 Å². The number of carbonyl (C=O) groups is 1. The van der Waals surface area contributed by atoms with Gasteiger partial charge in [-0.3, -0.25) is 4.90 Å². The Morgan fingerprint density at radius 3 is 2.48 bits per heavy atom. The third-order valence-electron chi connectivity index (χ3n) is 5.43. The Kier molecular flexibility index (Phi) is 7.47. The average Bonchev–Trinajstić information content (AvgIpc) is 3.14. The van der Waals surface area contributed by atoms with Crippen LogP contribution in [0.2, 0.25) is 0 Å². The molecule has 1 fully saturated rings. The number of rotatable bonds is 8. The van der Waals surface area contributed by atoms with Crippen molar-refractivity contribution >= 4 is 6.09 Å². The SMILES string of the molecule is CCc1ccccc1OCCC[C@@]1(Oc2ccccc2)CCCN1C(=O)OC(C)(C)C. The van der Waals surface area contributed by atoms with Gasteiger partial charge in [0.25, 0.3) is 0 Å². The normalized spacial score (nSPS) is 18.6. The lowest BCUT2D eigenvalue weighted by Gasteiger charge is -2.39. The molecule has 31 heavy (non-hydrogen) atoms. The largest absolute Gasteiger partial charge is 0.493 e. The Labute approximate surface area is 186 Å². The number of nitrogens with zero attached hydrogens (tertiary/aromatic N) is 1. The quantitative estimate of drug-likeness (QED) is 0.472. The summed E-state index contributed by atoms with van der Waals surface area (Å²) in [6, 6.07) is 17.8. The predicted octanol–water partition coefficient (Wildman–Crippen LogP) is 6.21. The van der Waals surface area contributed by atoms with Crippen LogP contribution in [0.3, 0.4) is 0 Å². The lowest BCUT2D eigenvalue weighted by molar-refractivity contribution is -0.0729. The monoisotopic (exact) mass is 425 g/mol. The van der Waals surface area contributed by atoms with E-state index in [9.17, 15) is 4.79 Å². The van der Waals surface area contributed by atoms with Gasteiger partial charge in [-0.05, 0) is 63.8 Å². The molecule has 0 bridgehead atoms. The number of amides is 1. The third kappa shape index (κ3) is 6.16. The minimum Gasteiger partial charge on any atom is -0.493 e. The van der Waals surface area contributed by atoms with E-state index in [2.05, 4.69) is 13.0 Å². The lowest BCUT2D eigenvalue weighted by Crippen LogP contribution is -2.53. The Bertz CT molecular complexity index is 846. The van der Waals surface area contributed by atoms with E-state index in [1.807, 2.05) is 69.3 Å². The van der Waals surface area contributed by atoms with Crippen LogP contribution in [0, 0.1) is 0 Å². The van der Waals surface area contributed by atoms with Gasteiger partial charge in [-0.15, -0.1) is 0 Å².